The molecule has 2 aromatic rings. The lowest BCUT2D eigenvalue weighted by molar-refractivity contribution is 0.669. The number of hydrogen-bond acceptors (Lipinski definition) is 3. The molecule has 0 amide bonds. The van der Waals surface area contributed by atoms with Gasteiger partial charge < -0.3 is 15.2 Å². The molecule has 0 aliphatic carbocycles. The highest BCUT2D eigenvalue weighted by molar-refractivity contribution is 6.30. The van der Waals surface area contributed by atoms with Gasteiger partial charge in [-0.05, 0) is 31.0 Å². The number of guanidine groups is 1. The quantitative estimate of drug-likeness (QED) is 0.630. The van der Waals surface area contributed by atoms with Crippen LogP contribution in [0.4, 0.5) is 0 Å². The average Bonchev–Trinajstić information content (AvgIpc) is 3.00. The molecule has 0 radical (unpaired) electrons. The number of aromatic nitrogens is 3. The van der Waals surface area contributed by atoms with Crippen LogP contribution in [-0.2, 0) is 19.5 Å². The molecule has 0 atom stereocenters. The Balaban J connectivity index is 1.77. The number of aliphatic imine (C=N–C) groups is 1. The van der Waals surface area contributed by atoms with E-state index in [0.717, 1.165) is 36.3 Å². The summed E-state index contributed by atoms with van der Waals surface area (Å²) in [6, 6.07) is 7.87. The maximum atomic E-state index is 5.88. The Morgan fingerprint density at radius 2 is 2.05 bits per heavy atom. The summed E-state index contributed by atoms with van der Waals surface area (Å²) in [6.07, 6.45) is 2.64. The van der Waals surface area contributed by atoms with Crippen molar-refractivity contribution < 1.29 is 0 Å². The highest BCUT2D eigenvalue weighted by Crippen LogP contribution is 2.09. The second kappa shape index (κ2) is 8.38. The zero-order chi connectivity index (χ0) is 15.8. The van der Waals surface area contributed by atoms with Crippen molar-refractivity contribution in [3.63, 3.8) is 0 Å². The summed E-state index contributed by atoms with van der Waals surface area (Å²) in [5.74, 6) is 1.64. The number of benzene rings is 1. The summed E-state index contributed by atoms with van der Waals surface area (Å²) in [6.45, 7) is 4.30. The van der Waals surface area contributed by atoms with Crippen LogP contribution >= 0.6 is 11.6 Å². The van der Waals surface area contributed by atoms with Gasteiger partial charge in [-0.1, -0.05) is 23.7 Å². The highest BCUT2D eigenvalue weighted by Gasteiger charge is 2.04. The van der Waals surface area contributed by atoms with Gasteiger partial charge in [0.15, 0.2) is 11.8 Å². The normalized spacial score (nSPS) is 11.5. The van der Waals surface area contributed by atoms with Crippen molar-refractivity contribution in [1.82, 2.24) is 25.4 Å². The van der Waals surface area contributed by atoms with Crippen molar-refractivity contribution in [3.8, 4) is 0 Å². The largest absolute Gasteiger partial charge is 0.356 e. The van der Waals surface area contributed by atoms with Gasteiger partial charge in [0, 0.05) is 25.2 Å². The van der Waals surface area contributed by atoms with E-state index in [9.17, 15) is 0 Å². The van der Waals surface area contributed by atoms with Crippen molar-refractivity contribution in [2.75, 3.05) is 13.6 Å². The first-order chi connectivity index (χ1) is 10.7. The molecule has 1 aromatic heterocycles. The summed E-state index contributed by atoms with van der Waals surface area (Å²) < 4.78 is 1.99. The van der Waals surface area contributed by atoms with Gasteiger partial charge >= 0.3 is 0 Å². The first-order valence-corrected chi connectivity index (χ1v) is 7.66. The third-order valence-corrected chi connectivity index (χ3v) is 3.55. The molecular formula is C15H21ClN6. The molecule has 2 rings (SSSR count). The van der Waals surface area contributed by atoms with E-state index in [0.29, 0.717) is 6.54 Å². The van der Waals surface area contributed by atoms with Gasteiger partial charge in [-0.2, -0.15) is 0 Å². The van der Waals surface area contributed by atoms with Crippen molar-refractivity contribution in [1.29, 1.82) is 0 Å². The molecule has 0 aliphatic heterocycles. The second-order valence-electron chi connectivity index (χ2n) is 4.76. The van der Waals surface area contributed by atoms with E-state index >= 15 is 0 Å². The maximum Gasteiger partial charge on any atom is 0.191 e. The number of halogens is 1. The first-order valence-electron chi connectivity index (χ1n) is 7.28. The third kappa shape index (κ3) is 4.73. The molecule has 118 valence electrons. The van der Waals surface area contributed by atoms with Gasteiger partial charge in [0.25, 0.3) is 0 Å². The van der Waals surface area contributed by atoms with Gasteiger partial charge in [-0.15, -0.1) is 10.2 Å². The van der Waals surface area contributed by atoms with Gasteiger partial charge in [0.05, 0.1) is 6.54 Å². The van der Waals surface area contributed by atoms with Gasteiger partial charge in [-0.25, -0.2) is 0 Å². The van der Waals surface area contributed by atoms with Crippen LogP contribution in [0.5, 0.6) is 0 Å². The Morgan fingerprint density at radius 3 is 2.73 bits per heavy atom. The lowest BCUT2D eigenvalue weighted by Gasteiger charge is -2.12. The zero-order valence-electron chi connectivity index (χ0n) is 12.9. The molecule has 0 unspecified atom stereocenters. The molecule has 0 fully saturated rings. The molecule has 1 heterocycles. The van der Waals surface area contributed by atoms with Crippen molar-refractivity contribution in [3.05, 3.63) is 47.0 Å². The van der Waals surface area contributed by atoms with Crippen molar-refractivity contribution in [2.45, 2.75) is 26.4 Å². The molecule has 6 nitrogen and oxygen atoms in total. The number of aryl methyl sites for hydroxylation is 1. The molecule has 0 saturated heterocycles. The standard InChI is InChI=1S/C15H21ClN6/c1-3-22-11-20-21-14(22)10-19-15(17-2)18-9-8-12-4-6-13(16)7-5-12/h4-7,11H,3,8-10H2,1-2H3,(H2,17,18,19). The molecular weight excluding hydrogens is 300 g/mol. The Bertz CT molecular complexity index is 605. The van der Waals surface area contributed by atoms with Crippen LogP contribution in [0.2, 0.25) is 5.02 Å². The number of rotatable bonds is 6. The Hall–Kier alpha value is -2.08. The van der Waals surface area contributed by atoms with Crippen LogP contribution in [0.3, 0.4) is 0 Å². The fourth-order valence-electron chi connectivity index (χ4n) is 2.04. The van der Waals surface area contributed by atoms with E-state index in [1.807, 2.05) is 28.8 Å². The van der Waals surface area contributed by atoms with Crippen LogP contribution in [0, 0.1) is 0 Å². The summed E-state index contributed by atoms with van der Waals surface area (Å²) in [5, 5.41) is 15.3. The lowest BCUT2D eigenvalue weighted by Crippen LogP contribution is -2.38. The van der Waals surface area contributed by atoms with Crippen LogP contribution in [-0.4, -0.2) is 34.3 Å². The third-order valence-electron chi connectivity index (χ3n) is 3.29. The Morgan fingerprint density at radius 1 is 1.27 bits per heavy atom. The minimum absolute atomic E-state index is 0.592. The average molecular weight is 321 g/mol. The van der Waals surface area contributed by atoms with Crippen molar-refractivity contribution >= 4 is 17.6 Å². The lowest BCUT2D eigenvalue weighted by atomic mass is 10.1. The maximum absolute atomic E-state index is 5.88. The summed E-state index contributed by atoms with van der Waals surface area (Å²) in [5.41, 5.74) is 1.23. The molecule has 22 heavy (non-hydrogen) atoms. The van der Waals surface area contributed by atoms with Crippen molar-refractivity contribution in [2.24, 2.45) is 4.99 Å². The molecule has 2 N–H and O–H groups in total. The molecule has 1 aromatic carbocycles. The van der Waals surface area contributed by atoms with Gasteiger partial charge in [0.1, 0.15) is 6.33 Å². The van der Waals surface area contributed by atoms with Gasteiger partial charge in [-0.3, -0.25) is 4.99 Å². The molecule has 0 saturated carbocycles. The zero-order valence-corrected chi connectivity index (χ0v) is 13.6. The van der Waals surface area contributed by atoms with E-state index in [1.165, 1.54) is 5.56 Å². The van der Waals surface area contributed by atoms with Gasteiger partial charge in [0.2, 0.25) is 0 Å². The number of nitrogens with zero attached hydrogens (tertiary/aromatic N) is 4. The Kier molecular flexibility index (Phi) is 6.21. The van der Waals surface area contributed by atoms with Crippen LogP contribution in [0.25, 0.3) is 0 Å². The molecule has 7 heteroatoms. The number of nitrogens with one attached hydrogen (secondary N) is 2. The molecule has 0 bridgehead atoms. The number of hydrogen-bond donors (Lipinski definition) is 2. The first kappa shape index (κ1) is 16.3. The summed E-state index contributed by atoms with van der Waals surface area (Å²) in [7, 11) is 1.75. The Labute approximate surface area is 135 Å². The minimum Gasteiger partial charge on any atom is -0.356 e. The van der Waals surface area contributed by atoms with Crippen LogP contribution in [0.15, 0.2) is 35.6 Å². The monoisotopic (exact) mass is 320 g/mol. The topological polar surface area (TPSA) is 67.1 Å². The SMILES string of the molecule is CCn1cnnc1CNC(=NC)NCCc1ccc(Cl)cc1. The van der Waals surface area contributed by atoms with E-state index < -0.39 is 0 Å². The fourth-order valence-corrected chi connectivity index (χ4v) is 2.17. The minimum atomic E-state index is 0.592. The fraction of sp³-hybridized carbons (Fsp3) is 0.400. The summed E-state index contributed by atoms with van der Waals surface area (Å²) in [4.78, 5) is 4.20. The smallest absolute Gasteiger partial charge is 0.191 e. The predicted molar refractivity (Wildman–Crippen MR) is 89.1 cm³/mol. The van der Waals surface area contributed by atoms with E-state index in [4.69, 9.17) is 11.6 Å². The van der Waals surface area contributed by atoms with Crippen LogP contribution < -0.4 is 10.6 Å². The second-order valence-corrected chi connectivity index (χ2v) is 5.20. The van der Waals surface area contributed by atoms with E-state index in [2.05, 4.69) is 32.7 Å². The van der Waals surface area contributed by atoms with E-state index in [-0.39, 0.29) is 0 Å². The molecule has 0 spiro atoms. The highest BCUT2D eigenvalue weighted by atomic mass is 35.5. The van der Waals surface area contributed by atoms with Crippen LogP contribution in [0.1, 0.15) is 18.3 Å². The molecule has 0 aliphatic rings. The summed E-state index contributed by atoms with van der Waals surface area (Å²) >= 11 is 5.88. The predicted octanol–water partition coefficient (Wildman–Crippen LogP) is 1.86. The van der Waals surface area contributed by atoms with E-state index in [1.54, 1.807) is 13.4 Å².